The highest BCUT2D eigenvalue weighted by molar-refractivity contribution is 7.21. The van der Waals surface area contributed by atoms with E-state index in [1.807, 2.05) is 36.4 Å². The second-order valence-electron chi connectivity index (χ2n) is 4.70. The topological polar surface area (TPSA) is 68.0 Å². The molecule has 0 saturated carbocycles. The first-order valence-electron chi connectivity index (χ1n) is 6.70. The van der Waals surface area contributed by atoms with Gasteiger partial charge in [-0.15, -0.1) is 11.3 Å². The average Bonchev–Trinajstić information content (AvgIpc) is 2.86. The number of fused-ring (bicyclic) bond motifs is 1. The molecule has 4 nitrogen and oxygen atoms in total. The summed E-state index contributed by atoms with van der Waals surface area (Å²) in [6.45, 7) is 0.580. The Morgan fingerprint density at radius 2 is 1.95 bits per heavy atom. The number of nitrogens with two attached hydrogens (primary N) is 1. The number of nitrogen functional groups attached to an aromatic ring is 1. The monoisotopic (exact) mass is 297 g/mol. The van der Waals surface area contributed by atoms with E-state index in [0.29, 0.717) is 17.1 Å². The lowest BCUT2D eigenvalue weighted by molar-refractivity contribution is 0.0959. The number of carbonyl (C=O) groups is 1. The number of amides is 1. The molecule has 1 amide bonds. The van der Waals surface area contributed by atoms with Crippen molar-refractivity contribution in [2.75, 3.05) is 12.3 Å². The van der Waals surface area contributed by atoms with Gasteiger partial charge < -0.3 is 11.1 Å². The first-order valence-corrected chi connectivity index (χ1v) is 7.51. The average molecular weight is 297 g/mol. The fourth-order valence-electron chi connectivity index (χ4n) is 2.18. The maximum absolute atomic E-state index is 12.2. The van der Waals surface area contributed by atoms with Crippen LogP contribution >= 0.6 is 11.3 Å². The molecule has 3 aromatic rings. The molecule has 3 N–H and O–H groups in total. The Bertz CT molecular complexity index is 768. The zero-order valence-corrected chi connectivity index (χ0v) is 12.2. The lowest BCUT2D eigenvalue weighted by Gasteiger charge is -2.04. The highest BCUT2D eigenvalue weighted by atomic mass is 32.1. The smallest absolute Gasteiger partial charge is 0.263 e. The predicted molar refractivity (Wildman–Crippen MR) is 86.5 cm³/mol. The molecule has 3 rings (SSSR count). The fraction of sp³-hybridized carbons (Fsp3) is 0.125. The maximum atomic E-state index is 12.2. The minimum Gasteiger partial charge on any atom is -0.397 e. The van der Waals surface area contributed by atoms with Gasteiger partial charge in [-0.3, -0.25) is 9.78 Å². The molecule has 0 spiro atoms. The van der Waals surface area contributed by atoms with Gasteiger partial charge in [-0.25, -0.2) is 0 Å². The largest absolute Gasteiger partial charge is 0.397 e. The Morgan fingerprint density at radius 3 is 2.71 bits per heavy atom. The molecule has 0 fully saturated rings. The number of aromatic nitrogens is 1. The van der Waals surface area contributed by atoms with Crippen molar-refractivity contribution in [1.29, 1.82) is 0 Å². The van der Waals surface area contributed by atoms with E-state index in [-0.39, 0.29) is 5.91 Å². The first-order chi connectivity index (χ1) is 10.3. The zero-order valence-electron chi connectivity index (χ0n) is 11.4. The van der Waals surface area contributed by atoms with E-state index < -0.39 is 0 Å². The van der Waals surface area contributed by atoms with Crippen LogP contribution in [-0.4, -0.2) is 17.4 Å². The minimum atomic E-state index is -0.109. The molecule has 0 unspecified atom stereocenters. The van der Waals surface area contributed by atoms with Crippen LogP contribution in [0.2, 0.25) is 0 Å². The van der Waals surface area contributed by atoms with Crippen molar-refractivity contribution in [2.45, 2.75) is 6.42 Å². The van der Waals surface area contributed by atoms with E-state index in [2.05, 4.69) is 10.3 Å². The number of anilines is 1. The minimum absolute atomic E-state index is 0.109. The number of benzene rings is 1. The molecule has 1 aromatic carbocycles. The number of hydrogen-bond acceptors (Lipinski definition) is 4. The Kier molecular flexibility index (Phi) is 3.83. The van der Waals surface area contributed by atoms with Crippen LogP contribution in [0.15, 0.2) is 48.8 Å². The van der Waals surface area contributed by atoms with E-state index in [9.17, 15) is 4.79 Å². The van der Waals surface area contributed by atoms with Gasteiger partial charge >= 0.3 is 0 Å². The van der Waals surface area contributed by atoms with Crippen LogP contribution in [0.4, 0.5) is 5.69 Å². The summed E-state index contributed by atoms with van der Waals surface area (Å²) in [5.41, 5.74) is 7.78. The molecule has 2 aromatic heterocycles. The standard InChI is InChI=1S/C16H15N3OS/c17-14-12-3-1-2-4-13(12)21-15(14)16(20)19-10-7-11-5-8-18-9-6-11/h1-6,8-9H,7,10,17H2,(H,19,20). The third kappa shape index (κ3) is 2.87. The third-order valence-electron chi connectivity index (χ3n) is 3.29. The Hall–Kier alpha value is -2.40. The number of thiophene rings is 1. The van der Waals surface area contributed by atoms with Gasteiger partial charge in [0.15, 0.2) is 0 Å². The van der Waals surface area contributed by atoms with Crippen LogP contribution in [0, 0.1) is 0 Å². The number of rotatable bonds is 4. The molecule has 0 aliphatic heterocycles. The van der Waals surface area contributed by atoms with Gasteiger partial charge in [0, 0.05) is 29.0 Å². The molecule has 0 bridgehead atoms. The molecule has 21 heavy (non-hydrogen) atoms. The van der Waals surface area contributed by atoms with E-state index in [1.165, 1.54) is 11.3 Å². The molecule has 0 saturated heterocycles. The molecule has 5 heteroatoms. The normalized spacial score (nSPS) is 10.7. The maximum Gasteiger partial charge on any atom is 0.263 e. The second-order valence-corrected chi connectivity index (χ2v) is 5.75. The Labute approximate surface area is 126 Å². The van der Waals surface area contributed by atoms with Crippen molar-refractivity contribution in [3.05, 3.63) is 59.2 Å². The van der Waals surface area contributed by atoms with Gasteiger partial charge in [0.25, 0.3) is 5.91 Å². The first kappa shape index (κ1) is 13.6. The number of hydrogen-bond donors (Lipinski definition) is 2. The summed E-state index contributed by atoms with van der Waals surface area (Å²) in [5, 5.41) is 3.87. The lowest BCUT2D eigenvalue weighted by Crippen LogP contribution is -2.25. The van der Waals surface area contributed by atoms with E-state index >= 15 is 0 Å². The fourth-order valence-corrected chi connectivity index (χ4v) is 3.22. The van der Waals surface area contributed by atoms with Gasteiger partial charge in [-0.1, -0.05) is 18.2 Å². The SMILES string of the molecule is Nc1c(C(=O)NCCc2ccncc2)sc2ccccc12. The van der Waals surface area contributed by atoms with Crippen molar-refractivity contribution in [3.63, 3.8) is 0 Å². The van der Waals surface area contributed by atoms with Gasteiger partial charge in [0.1, 0.15) is 4.88 Å². The number of carbonyl (C=O) groups excluding carboxylic acids is 1. The molecule has 2 heterocycles. The van der Waals surface area contributed by atoms with Gasteiger partial charge in [0.05, 0.1) is 5.69 Å². The van der Waals surface area contributed by atoms with Crippen molar-refractivity contribution >= 4 is 33.0 Å². The predicted octanol–water partition coefficient (Wildman–Crippen LogP) is 2.85. The molecular weight excluding hydrogens is 282 g/mol. The summed E-state index contributed by atoms with van der Waals surface area (Å²) in [5.74, 6) is -0.109. The summed E-state index contributed by atoms with van der Waals surface area (Å²) < 4.78 is 1.04. The van der Waals surface area contributed by atoms with Crippen LogP contribution in [0.1, 0.15) is 15.2 Å². The second kappa shape index (κ2) is 5.93. The Morgan fingerprint density at radius 1 is 1.19 bits per heavy atom. The van der Waals surface area contributed by atoms with Crippen LogP contribution in [0.5, 0.6) is 0 Å². The van der Waals surface area contributed by atoms with Crippen LogP contribution < -0.4 is 11.1 Å². The van der Waals surface area contributed by atoms with Crippen LogP contribution in [-0.2, 0) is 6.42 Å². The van der Waals surface area contributed by atoms with Crippen molar-refractivity contribution in [2.24, 2.45) is 0 Å². The zero-order chi connectivity index (χ0) is 14.7. The molecule has 0 atom stereocenters. The van der Waals surface area contributed by atoms with Gasteiger partial charge in [-0.2, -0.15) is 0 Å². The van der Waals surface area contributed by atoms with E-state index in [1.54, 1.807) is 12.4 Å². The summed E-state index contributed by atoms with van der Waals surface area (Å²) in [6.07, 6.45) is 4.28. The summed E-state index contributed by atoms with van der Waals surface area (Å²) in [7, 11) is 0. The quantitative estimate of drug-likeness (QED) is 0.778. The van der Waals surface area contributed by atoms with E-state index in [4.69, 9.17) is 5.73 Å². The van der Waals surface area contributed by atoms with Crippen LogP contribution in [0.25, 0.3) is 10.1 Å². The summed E-state index contributed by atoms with van der Waals surface area (Å²) in [4.78, 5) is 16.8. The van der Waals surface area contributed by atoms with Crippen molar-refractivity contribution < 1.29 is 4.79 Å². The molecule has 0 aliphatic rings. The van der Waals surface area contributed by atoms with Crippen molar-refractivity contribution in [3.8, 4) is 0 Å². The Balaban J connectivity index is 1.68. The molecular formula is C16H15N3OS. The molecule has 106 valence electrons. The number of pyridine rings is 1. The summed E-state index contributed by atoms with van der Waals surface area (Å²) >= 11 is 1.43. The van der Waals surface area contributed by atoms with Crippen molar-refractivity contribution in [1.82, 2.24) is 10.3 Å². The third-order valence-corrected chi connectivity index (χ3v) is 4.47. The van der Waals surface area contributed by atoms with Crippen LogP contribution in [0.3, 0.4) is 0 Å². The van der Waals surface area contributed by atoms with E-state index in [0.717, 1.165) is 22.1 Å². The lowest BCUT2D eigenvalue weighted by atomic mass is 10.2. The number of nitrogens with one attached hydrogen (secondary N) is 1. The molecule has 0 radical (unpaired) electrons. The molecule has 0 aliphatic carbocycles. The van der Waals surface area contributed by atoms with Gasteiger partial charge in [-0.05, 0) is 30.2 Å². The number of nitrogens with zero attached hydrogens (tertiary/aromatic N) is 1. The van der Waals surface area contributed by atoms with Gasteiger partial charge in [0.2, 0.25) is 0 Å². The highest BCUT2D eigenvalue weighted by Crippen LogP contribution is 2.33. The summed E-state index contributed by atoms with van der Waals surface area (Å²) in [6, 6.07) is 11.7. The highest BCUT2D eigenvalue weighted by Gasteiger charge is 2.15.